The number of benzene rings is 1. The lowest BCUT2D eigenvalue weighted by atomic mass is 10.1. The van der Waals surface area contributed by atoms with Crippen LogP contribution < -0.4 is 5.32 Å². The average Bonchev–Trinajstić information content (AvgIpc) is 2.36. The Morgan fingerprint density at radius 1 is 1.58 bits per heavy atom. The molecule has 6 heteroatoms. The number of ether oxygens (including phenoxy) is 1. The number of methoxy groups -OCH3 is 1. The molecule has 1 aromatic rings. The first-order valence-corrected chi connectivity index (χ1v) is 6.64. The highest BCUT2D eigenvalue weighted by atomic mass is 79.9. The van der Waals surface area contributed by atoms with Crippen LogP contribution in [0.2, 0.25) is 0 Å². The molecule has 0 aliphatic rings. The summed E-state index contributed by atoms with van der Waals surface area (Å²) in [5.74, 6) is 0. The monoisotopic (exact) mass is 328 g/mol. The number of hydrogen-bond acceptors (Lipinski definition) is 4. The molecule has 0 aliphatic carbocycles. The van der Waals surface area contributed by atoms with E-state index in [4.69, 9.17) is 4.74 Å². The van der Waals surface area contributed by atoms with Crippen LogP contribution in [0.1, 0.15) is 12.5 Å². The number of nitro benzene ring substituents is 1. The Hall–Kier alpha value is -1.24. The van der Waals surface area contributed by atoms with Gasteiger partial charge in [0.15, 0.2) is 0 Å². The van der Waals surface area contributed by atoms with Crippen molar-refractivity contribution in [3.63, 3.8) is 0 Å². The summed E-state index contributed by atoms with van der Waals surface area (Å²) < 4.78 is 5.63. The van der Waals surface area contributed by atoms with Crippen LogP contribution in [0.3, 0.4) is 0 Å². The zero-order valence-corrected chi connectivity index (χ0v) is 12.6. The van der Waals surface area contributed by atoms with Crippen LogP contribution in [0.4, 0.5) is 5.69 Å². The first kappa shape index (κ1) is 15.8. The molecule has 0 aliphatic heterocycles. The summed E-state index contributed by atoms with van der Waals surface area (Å²) in [5.41, 5.74) is 1.74. The number of hydrogen-bond donors (Lipinski definition) is 1. The standard InChI is InChI=1S/C13H17BrN2O3/c1-10(9-15-5-6-19-2)7-11-3-4-12(14)8-13(11)16(17)18/h3-4,7-8,15H,5-6,9H2,1-2H3/b10-7+. The summed E-state index contributed by atoms with van der Waals surface area (Å²) in [4.78, 5) is 10.6. The average molecular weight is 329 g/mol. The van der Waals surface area contributed by atoms with Crippen molar-refractivity contribution in [2.75, 3.05) is 26.8 Å². The van der Waals surface area contributed by atoms with Gasteiger partial charge in [0.05, 0.1) is 17.1 Å². The number of halogens is 1. The lowest BCUT2D eigenvalue weighted by Gasteiger charge is -2.05. The molecule has 0 spiro atoms. The van der Waals surface area contributed by atoms with E-state index < -0.39 is 0 Å². The van der Waals surface area contributed by atoms with Gasteiger partial charge in [-0.05, 0) is 25.1 Å². The Morgan fingerprint density at radius 3 is 2.95 bits per heavy atom. The molecule has 0 heterocycles. The van der Waals surface area contributed by atoms with Gasteiger partial charge < -0.3 is 10.1 Å². The van der Waals surface area contributed by atoms with Crippen LogP contribution in [0, 0.1) is 10.1 Å². The quantitative estimate of drug-likeness (QED) is 0.474. The molecule has 0 fully saturated rings. The fourth-order valence-corrected chi connectivity index (χ4v) is 1.92. The summed E-state index contributed by atoms with van der Waals surface area (Å²) in [5, 5.41) is 14.2. The molecule has 19 heavy (non-hydrogen) atoms. The van der Waals surface area contributed by atoms with E-state index in [2.05, 4.69) is 21.2 Å². The predicted octanol–water partition coefficient (Wildman–Crippen LogP) is 3.00. The first-order chi connectivity index (χ1) is 9.04. The summed E-state index contributed by atoms with van der Waals surface area (Å²) in [6.45, 7) is 4.01. The van der Waals surface area contributed by atoms with Gasteiger partial charge in [0, 0.05) is 30.7 Å². The molecular formula is C13H17BrN2O3. The fraction of sp³-hybridized carbons (Fsp3) is 0.385. The highest BCUT2D eigenvalue weighted by Gasteiger charge is 2.12. The molecule has 0 saturated heterocycles. The van der Waals surface area contributed by atoms with Gasteiger partial charge in [-0.25, -0.2) is 0 Å². The molecule has 0 unspecified atom stereocenters. The Kier molecular flexibility index (Phi) is 6.69. The maximum absolute atomic E-state index is 11.0. The van der Waals surface area contributed by atoms with Crippen molar-refractivity contribution < 1.29 is 9.66 Å². The fourth-order valence-electron chi connectivity index (χ4n) is 1.57. The molecular weight excluding hydrogens is 312 g/mol. The minimum Gasteiger partial charge on any atom is -0.383 e. The van der Waals surface area contributed by atoms with Gasteiger partial charge in [0.25, 0.3) is 5.69 Å². The Labute approximate surface area is 120 Å². The molecule has 0 amide bonds. The Morgan fingerprint density at radius 2 is 2.32 bits per heavy atom. The third kappa shape index (κ3) is 5.50. The van der Waals surface area contributed by atoms with Crippen LogP contribution in [-0.4, -0.2) is 31.7 Å². The van der Waals surface area contributed by atoms with Crippen molar-refractivity contribution in [1.29, 1.82) is 0 Å². The highest BCUT2D eigenvalue weighted by Crippen LogP contribution is 2.25. The van der Waals surface area contributed by atoms with Crippen molar-refractivity contribution in [3.8, 4) is 0 Å². The summed E-state index contributed by atoms with van der Waals surface area (Å²) in [6.07, 6.45) is 1.82. The zero-order valence-electron chi connectivity index (χ0n) is 11.0. The minimum atomic E-state index is -0.373. The smallest absolute Gasteiger partial charge is 0.277 e. The van der Waals surface area contributed by atoms with Crippen LogP contribution in [-0.2, 0) is 4.74 Å². The van der Waals surface area contributed by atoms with Crippen molar-refractivity contribution in [3.05, 3.63) is 43.9 Å². The summed E-state index contributed by atoms with van der Waals surface area (Å²) in [6, 6.07) is 5.04. The van der Waals surface area contributed by atoms with E-state index in [1.165, 1.54) is 6.07 Å². The second-order valence-corrected chi connectivity index (χ2v) is 5.04. The van der Waals surface area contributed by atoms with Gasteiger partial charge in [-0.1, -0.05) is 21.5 Å². The predicted molar refractivity (Wildman–Crippen MR) is 79.2 cm³/mol. The number of nitro groups is 1. The van der Waals surface area contributed by atoms with Gasteiger partial charge in [-0.2, -0.15) is 0 Å². The zero-order chi connectivity index (χ0) is 14.3. The lowest BCUT2D eigenvalue weighted by Crippen LogP contribution is -2.20. The maximum atomic E-state index is 11.0. The van der Waals surface area contributed by atoms with Crippen LogP contribution in [0.25, 0.3) is 6.08 Å². The Bertz CT molecular complexity index is 475. The van der Waals surface area contributed by atoms with E-state index in [-0.39, 0.29) is 10.6 Å². The summed E-state index contributed by atoms with van der Waals surface area (Å²) in [7, 11) is 1.65. The van der Waals surface area contributed by atoms with Crippen LogP contribution >= 0.6 is 15.9 Å². The topological polar surface area (TPSA) is 64.4 Å². The third-order valence-corrected chi connectivity index (χ3v) is 2.97. The molecule has 104 valence electrons. The molecule has 0 atom stereocenters. The number of rotatable bonds is 7. The van der Waals surface area contributed by atoms with Crippen molar-refractivity contribution >= 4 is 27.7 Å². The van der Waals surface area contributed by atoms with E-state index in [0.29, 0.717) is 23.2 Å². The number of nitrogens with one attached hydrogen (secondary N) is 1. The van der Waals surface area contributed by atoms with Crippen molar-refractivity contribution in [2.24, 2.45) is 0 Å². The van der Waals surface area contributed by atoms with E-state index in [1.807, 2.05) is 13.0 Å². The second kappa shape index (κ2) is 8.04. The molecule has 1 aromatic carbocycles. The van der Waals surface area contributed by atoms with Gasteiger partial charge in [-0.3, -0.25) is 10.1 Å². The van der Waals surface area contributed by atoms with Gasteiger partial charge in [0.1, 0.15) is 0 Å². The van der Waals surface area contributed by atoms with Gasteiger partial charge >= 0.3 is 0 Å². The van der Waals surface area contributed by atoms with Gasteiger partial charge in [-0.15, -0.1) is 0 Å². The maximum Gasteiger partial charge on any atom is 0.277 e. The number of nitrogens with zero attached hydrogens (tertiary/aromatic N) is 1. The van der Waals surface area contributed by atoms with Crippen LogP contribution in [0.15, 0.2) is 28.2 Å². The molecule has 0 radical (unpaired) electrons. The van der Waals surface area contributed by atoms with E-state index in [0.717, 1.165) is 12.1 Å². The molecule has 1 rings (SSSR count). The molecule has 1 N–H and O–H groups in total. The minimum absolute atomic E-state index is 0.102. The highest BCUT2D eigenvalue weighted by molar-refractivity contribution is 9.10. The first-order valence-electron chi connectivity index (χ1n) is 5.85. The molecule has 5 nitrogen and oxygen atoms in total. The summed E-state index contributed by atoms with van der Waals surface area (Å²) >= 11 is 3.24. The molecule has 0 saturated carbocycles. The normalized spacial score (nSPS) is 11.6. The third-order valence-electron chi connectivity index (χ3n) is 2.48. The molecule has 0 bridgehead atoms. The Balaban J connectivity index is 2.77. The van der Waals surface area contributed by atoms with E-state index >= 15 is 0 Å². The van der Waals surface area contributed by atoms with Gasteiger partial charge in [0.2, 0.25) is 0 Å². The van der Waals surface area contributed by atoms with Crippen molar-refractivity contribution in [2.45, 2.75) is 6.92 Å². The SMILES string of the molecule is COCCNC/C(C)=C/c1ccc(Br)cc1[N+](=O)[O-]. The van der Waals surface area contributed by atoms with Crippen molar-refractivity contribution in [1.82, 2.24) is 5.32 Å². The van der Waals surface area contributed by atoms with E-state index in [1.54, 1.807) is 19.2 Å². The largest absolute Gasteiger partial charge is 0.383 e. The van der Waals surface area contributed by atoms with Crippen LogP contribution in [0.5, 0.6) is 0 Å². The second-order valence-electron chi connectivity index (χ2n) is 4.12. The van der Waals surface area contributed by atoms with E-state index in [9.17, 15) is 10.1 Å². The lowest BCUT2D eigenvalue weighted by molar-refractivity contribution is -0.385. The molecule has 0 aromatic heterocycles.